The largest absolute Gasteiger partial charge is 0.454 e. The Morgan fingerprint density at radius 1 is 1.00 bits per heavy atom. The number of para-hydroxylation sites is 1. The predicted octanol–water partition coefficient (Wildman–Crippen LogP) is 5.10. The van der Waals surface area contributed by atoms with Gasteiger partial charge in [-0.2, -0.15) is 0 Å². The molecular weight excluding hydrogens is 408 g/mol. The summed E-state index contributed by atoms with van der Waals surface area (Å²) in [5.41, 5.74) is 3.24. The highest BCUT2D eigenvalue weighted by molar-refractivity contribution is 6.14. The number of ketones is 1. The van der Waals surface area contributed by atoms with Crippen LogP contribution in [0.3, 0.4) is 0 Å². The molecule has 7 nitrogen and oxygen atoms in total. The lowest BCUT2D eigenvalue weighted by atomic mass is 10.0. The molecule has 1 heterocycles. The van der Waals surface area contributed by atoms with Crippen molar-refractivity contribution in [1.29, 1.82) is 0 Å². The SMILES string of the molecule is Cc1ccc(C(=O)OCC(=O)c2c(-c3ccccc3)n(C)c3ccccc23)cc1[N+](=O)[O-]. The van der Waals surface area contributed by atoms with Crippen LogP contribution >= 0.6 is 0 Å². The van der Waals surface area contributed by atoms with Gasteiger partial charge >= 0.3 is 5.97 Å². The van der Waals surface area contributed by atoms with Gasteiger partial charge in [-0.3, -0.25) is 14.9 Å². The smallest absolute Gasteiger partial charge is 0.338 e. The van der Waals surface area contributed by atoms with Crippen molar-refractivity contribution in [2.75, 3.05) is 6.61 Å². The van der Waals surface area contributed by atoms with E-state index < -0.39 is 17.5 Å². The Morgan fingerprint density at radius 2 is 1.69 bits per heavy atom. The molecule has 4 aromatic rings. The summed E-state index contributed by atoms with van der Waals surface area (Å²) in [4.78, 5) is 36.3. The highest BCUT2D eigenvalue weighted by atomic mass is 16.6. The average Bonchev–Trinajstić information content (AvgIpc) is 3.10. The number of nitro benzene ring substituents is 1. The maximum atomic E-state index is 13.2. The van der Waals surface area contributed by atoms with Crippen LogP contribution < -0.4 is 0 Å². The summed E-state index contributed by atoms with van der Waals surface area (Å²) < 4.78 is 7.20. The van der Waals surface area contributed by atoms with E-state index in [1.807, 2.05) is 66.2 Å². The number of carbonyl (C=O) groups excluding carboxylic acids is 2. The number of aromatic nitrogens is 1. The van der Waals surface area contributed by atoms with E-state index in [1.54, 1.807) is 6.92 Å². The van der Waals surface area contributed by atoms with Crippen molar-refractivity contribution in [2.45, 2.75) is 6.92 Å². The Balaban J connectivity index is 1.66. The molecule has 0 saturated heterocycles. The maximum absolute atomic E-state index is 13.2. The van der Waals surface area contributed by atoms with E-state index in [0.29, 0.717) is 11.1 Å². The topological polar surface area (TPSA) is 91.4 Å². The van der Waals surface area contributed by atoms with Gasteiger partial charge in [0.05, 0.1) is 21.7 Å². The first-order valence-electron chi connectivity index (χ1n) is 9.96. The molecule has 0 unspecified atom stereocenters. The summed E-state index contributed by atoms with van der Waals surface area (Å²) in [5, 5.41) is 11.9. The van der Waals surface area contributed by atoms with Gasteiger partial charge in [-0.1, -0.05) is 54.6 Å². The lowest BCUT2D eigenvalue weighted by Gasteiger charge is -2.09. The van der Waals surface area contributed by atoms with E-state index in [-0.39, 0.29) is 17.0 Å². The lowest BCUT2D eigenvalue weighted by Crippen LogP contribution is -2.15. The summed E-state index contributed by atoms with van der Waals surface area (Å²) in [6, 6.07) is 21.2. The highest BCUT2D eigenvalue weighted by Crippen LogP contribution is 2.33. The third-order valence-electron chi connectivity index (χ3n) is 5.41. The molecule has 160 valence electrons. The minimum atomic E-state index is -0.789. The molecule has 7 heteroatoms. The van der Waals surface area contributed by atoms with Crippen molar-refractivity contribution < 1.29 is 19.2 Å². The molecule has 0 aliphatic rings. The molecule has 0 aliphatic carbocycles. The molecule has 32 heavy (non-hydrogen) atoms. The number of hydrogen-bond donors (Lipinski definition) is 0. The number of esters is 1. The number of ether oxygens (including phenoxy) is 1. The standard InChI is InChI=1S/C25H20N2O5/c1-16-12-13-18(14-21(16)27(30)31)25(29)32-15-22(28)23-19-10-6-7-11-20(19)26(2)24(23)17-8-4-3-5-9-17/h3-14H,15H2,1-2H3. The second-order valence-electron chi connectivity index (χ2n) is 7.42. The monoisotopic (exact) mass is 428 g/mol. The zero-order valence-electron chi connectivity index (χ0n) is 17.6. The number of rotatable bonds is 6. The number of carbonyl (C=O) groups is 2. The van der Waals surface area contributed by atoms with Crippen molar-refractivity contribution in [3.8, 4) is 11.3 Å². The van der Waals surface area contributed by atoms with Crippen LogP contribution in [0.25, 0.3) is 22.2 Å². The van der Waals surface area contributed by atoms with Gasteiger partial charge in [0.2, 0.25) is 5.78 Å². The number of aryl methyl sites for hydroxylation is 2. The number of benzene rings is 3. The van der Waals surface area contributed by atoms with E-state index in [9.17, 15) is 19.7 Å². The Kier molecular flexibility index (Phi) is 5.55. The fraction of sp³-hybridized carbons (Fsp3) is 0.120. The van der Waals surface area contributed by atoms with Crippen molar-refractivity contribution in [1.82, 2.24) is 4.57 Å². The Labute approximate surface area is 184 Å². The van der Waals surface area contributed by atoms with Gasteiger partial charge in [0.1, 0.15) is 0 Å². The number of nitrogens with zero attached hydrogens (tertiary/aromatic N) is 2. The number of nitro groups is 1. The second kappa shape index (κ2) is 8.47. The molecule has 3 aromatic carbocycles. The minimum absolute atomic E-state index is 0.0244. The van der Waals surface area contributed by atoms with Crippen LogP contribution in [0.15, 0.2) is 72.8 Å². The molecule has 0 atom stereocenters. The molecule has 0 spiro atoms. The first-order valence-corrected chi connectivity index (χ1v) is 9.96. The zero-order chi connectivity index (χ0) is 22.8. The molecule has 0 aliphatic heterocycles. The van der Waals surface area contributed by atoms with Crippen LogP contribution in [0.1, 0.15) is 26.3 Å². The summed E-state index contributed by atoms with van der Waals surface area (Å²) in [6.45, 7) is 1.11. The highest BCUT2D eigenvalue weighted by Gasteiger charge is 2.24. The zero-order valence-corrected chi connectivity index (χ0v) is 17.6. The van der Waals surface area contributed by atoms with Gasteiger partial charge in [-0.05, 0) is 24.6 Å². The quantitative estimate of drug-likeness (QED) is 0.184. The van der Waals surface area contributed by atoms with Gasteiger partial charge < -0.3 is 9.30 Å². The van der Waals surface area contributed by atoms with Crippen LogP contribution in [0.2, 0.25) is 0 Å². The third kappa shape index (κ3) is 3.76. The van der Waals surface area contributed by atoms with Crippen LogP contribution in [-0.4, -0.2) is 27.8 Å². The first kappa shape index (κ1) is 21.0. The lowest BCUT2D eigenvalue weighted by molar-refractivity contribution is -0.385. The minimum Gasteiger partial charge on any atom is -0.454 e. The van der Waals surface area contributed by atoms with Gasteiger partial charge in [0, 0.05) is 29.6 Å². The van der Waals surface area contributed by atoms with E-state index in [1.165, 1.54) is 12.1 Å². The van der Waals surface area contributed by atoms with Gasteiger partial charge in [0.25, 0.3) is 5.69 Å². The van der Waals surface area contributed by atoms with E-state index in [0.717, 1.165) is 28.2 Å². The van der Waals surface area contributed by atoms with Crippen molar-refractivity contribution in [2.24, 2.45) is 7.05 Å². The molecule has 4 rings (SSSR count). The third-order valence-corrected chi connectivity index (χ3v) is 5.41. The van der Waals surface area contributed by atoms with Crippen molar-refractivity contribution in [3.05, 3.63) is 99.6 Å². The second-order valence-corrected chi connectivity index (χ2v) is 7.42. The fourth-order valence-electron chi connectivity index (χ4n) is 3.83. The molecular formula is C25H20N2O5. The van der Waals surface area contributed by atoms with Gasteiger partial charge in [0.15, 0.2) is 6.61 Å². The Morgan fingerprint density at radius 3 is 2.41 bits per heavy atom. The van der Waals surface area contributed by atoms with E-state index in [2.05, 4.69) is 0 Å². The van der Waals surface area contributed by atoms with Crippen LogP contribution in [0.5, 0.6) is 0 Å². The molecule has 0 radical (unpaired) electrons. The van der Waals surface area contributed by atoms with Crippen LogP contribution in [-0.2, 0) is 11.8 Å². The Hall–Kier alpha value is -4.26. The molecule has 0 bridgehead atoms. The molecule has 0 N–H and O–H groups in total. The number of Topliss-reactive ketones (excluding diaryl/α,β-unsaturated/α-hetero) is 1. The van der Waals surface area contributed by atoms with E-state index in [4.69, 9.17) is 4.74 Å². The number of hydrogen-bond acceptors (Lipinski definition) is 5. The van der Waals surface area contributed by atoms with Crippen LogP contribution in [0, 0.1) is 17.0 Å². The summed E-state index contributed by atoms with van der Waals surface area (Å²) >= 11 is 0. The molecule has 0 saturated carbocycles. The maximum Gasteiger partial charge on any atom is 0.338 e. The van der Waals surface area contributed by atoms with Crippen molar-refractivity contribution >= 4 is 28.3 Å². The predicted molar refractivity (Wildman–Crippen MR) is 121 cm³/mol. The normalized spacial score (nSPS) is 10.8. The summed E-state index contributed by atoms with van der Waals surface area (Å²) in [7, 11) is 1.89. The van der Waals surface area contributed by atoms with Crippen molar-refractivity contribution in [3.63, 3.8) is 0 Å². The Bertz CT molecular complexity index is 1360. The summed E-state index contributed by atoms with van der Waals surface area (Å²) in [6.07, 6.45) is 0. The fourth-order valence-corrected chi connectivity index (χ4v) is 3.83. The molecule has 0 fully saturated rings. The molecule has 0 amide bonds. The summed E-state index contributed by atoms with van der Waals surface area (Å²) in [5.74, 6) is -1.14. The first-order chi connectivity index (χ1) is 15.4. The van der Waals surface area contributed by atoms with Crippen LogP contribution in [0.4, 0.5) is 5.69 Å². The average molecular weight is 428 g/mol. The van der Waals surface area contributed by atoms with Gasteiger partial charge in [-0.15, -0.1) is 0 Å². The number of fused-ring (bicyclic) bond motifs is 1. The van der Waals surface area contributed by atoms with E-state index >= 15 is 0 Å². The molecule has 1 aromatic heterocycles. The van der Waals surface area contributed by atoms with Gasteiger partial charge in [-0.25, -0.2) is 4.79 Å².